The fourth-order valence-electron chi connectivity index (χ4n) is 0. The monoisotopic (exact) mass is 246 g/mol. The Kier molecular flexibility index (Phi) is 6.97. The van der Waals surface area contributed by atoms with Gasteiger partial charge in [-0.1, -0.05) is 0 Å². The van der Waals surface area contributed by atoms with Crippen molar-refractivity contribution in [3.63, 3.8) is 0 Å². The molecule has 0 aromatic rings. The van der Waals surface area contributed by atoms with E-state index in [2.05, 4.69) is 0 Å². The number of hydrogen-bond acceptors (Lipinski definition) is 0. The molecule has 0 aliphatic carbocycles. The molecule has 0 aliphatic rings. The molecule has 40 valence electrons. The Balaban J connectivity index is 0. The summed E-state index contributed by atoms with van der Waals surface area (Å²) in [5.74, 6) is 0. The van der Waals surface area contributed by atoms with Gasteiger partial charge >= 0.3 is 22.9 Å². The minimum atomic E-state index is -2.72. The molecule has 0 radical (unpaired) electrons. The van der Waals surface area contributed by atoms with Crippen LogP contribution in [-0.2, 0) is 0 Å². The van der Waals surface area contributed by atoms with Crippen LogP contribution >= 0.6 is 44.3 Å². The molecule has 0 unspecified atom stereocenters. The van der Waals surface area contributed by atoms with Crippen LogP contribution in [0.5, 0.6) is 0 Å². The van der Waals surface area contributed by atoms with Crippen LogP contribution in [0.4, 0.5) is 0 Å². The third-order valence-electron chi connectivity index (χ3n) is 0. The van der Waals surface area contributed by atoms with E-state index in [1.807, 2.05) is 0 Å². The van der Waals surface area contributed by atoms with Crippen molar-refractivity contribution in [1.29, 1.82) is 0 Å². The summed E-state index contributed by atoms with van der Waals surface area (Å²) in [6.45, 7) is 0. The van der Waals surface area contributed by atoms with Gasteiger partial charge in [-0.05, 0) is 0 Å². The van der Waals surface area contributed by atoms with Crippen LogP contribution in [0.3, 0.4) is 0 Å². The molecule has 0 N–H and O–H groups in total. The number of hydrogen-bond donors (Lipinski definition) is 0. The Labute approximate surface area is 66.9 Å². The fraction of sp³-hybridized carbons (Fsp3) is 0. The predicted molar refractivity (Wildman–Crippen MR) is 40.5 cm³/mol. The average Bonchev–Trinajstić information content (AvgIpc) is 0.722. The maximum absolute atomic E-state index is 4.97. The van der Waals surface area contributed by atoms with Crippen molar-refractivity contribution in [3.05, 3.63) is 0 Å². The van der Waals surface area contributed by atoms with E-state index in [9.17, 15) is 0 Å². The molecular weight excluding hydrogens is 243 g/mol. The summed E-state index contributed by atoms with van der Waals surface area (Å²) in [5.41, 5.74) is 0. The van der Waals surface area contributed by atoms with Gasteiger partial charge in [-0.25, -0.2) is 0 Å². The van der Waals surface area contributed by atoms with Gasteiger partial charge in [-0.2, -0.15) is 0 Å². The summed E-state index contributed by atoms with van der Waals surface area (Å²) >= 11 is 19.9. The van der Waals surface area contributed by atoms with E-state index in [1.54, 1.807) is 0 Å². The topological polar surface area (TPSA) is 0 Å². The van der Waals surface area contributed by atoms with E-state index in [-0.39, 0.29) is 17.6 Å². The maximum atomic E-state index is 4.97. The number of rotatable bonds is 0. The quantitative estimate of drug-likeness (QED) is 0.441. The molecule has 0 saturated carbocycles. The van der Waals surface area contributed by atoms with Crippen LogP contribution in [0, 0.1) is 0 Å². The van der Waals surface area contributed by atoms with E-state index in [0.29, 0.717) is 0 Å². The van der Waals surface area contributed by atoms with Gasteiger partial charge in [0.15, 0.2) is 0 Å². The van der Waals surface area contributed by atoms with Crippen LogP contribution in [0.2, 0.25) is 0 Å². The van der Waals surface area contributed by atoms with Gasteiger partial charge in [0.1, 0.15) is 0 Å². The first-order valence-electron chi connectivity index (χ1n) is 0.756. The second-order valence-corrected chi connectivity index (χ2v) is 11.6. The van der Waals surface area contributed by atoms with Crippen molar-refractivity contribution in [2.75, 3.05) is 0 Å². The van der Waals surface area contributed by atoms with Crippen molar-refractivity contribution >= 4 is 67.2 Å². The predicted octanol–water partition coefficient (Wildman–Crippen LogP) is 0.926. The molecule has 0 heterocycles. The summed E-state index contributed by atoms with van der Waals surface area (Å²) < 4.78 is 0. The van der Waals surface area contributed by atoms with E-state index >= 15 is 0 Å². The molecule has 6 heteroatoms. The average molecular weight is 247 g/mol. The van der Waals surface area contributed by atoms with E-state index < -0.39 is 5.31 Å². The molecule has 0 amide bonds. The molecule has 0 fully saturated rings. The van der Waals surface area contributed by atoms with Crippen LogP contribution in [0.15, 0.2) is 0 Å². The van der Waals surface area contributed by atoms with Gasteiger partial charge in [0.05, 0.1) is 0 Å². The standard InChI is InChI=1S/Cl4Si.GeH4/c1-5(2,3)4;/h;1H4. The minimum absolute atomic E-state index is 0. The molecule has 6 heavy (non-hydrogen) atoms. The first-order chi connectivity index (χ1) is 2.00. The third kappa shape index (κ3) is 38.9. The van der Waals surface area contributed by atoms with Crippen LogP contribution < -0.4 is 0 Å². The van der Waals surface area contributed by atoms with Crippen molar-refractivity contribution in [2.24, 2.45) is 0 Å². The SMILES string of the molecule is Cl[Si](Cl)(Cl)Cl.[GeH4]. The van der Waals surface area contributed by atoms with E-state index in [1.165, 1.54) is 0 Å². The van der Waals surface area contributed by atoms with Gasteiger partial charge < -0.3 is 0 Å². The molecule has 0 bridgehead atoms. The Morgan fingerprint density at radius 1 is 0.833 bits per heavy atom. The Bertz CT molecular complexity index is 23.0. The first-order valence-corrected chi connectivity index (χ1v) is 6.80. The molecule has 0 aliphatic heterocycles. The molecular formula is H4Cl4GeSi. The normalized spacial score (nSPS) is 10.0. The second kappa shape index (κ2) is 3.87. The number of halogens is 4. The van der Waals surface area contributed by atoms with Crippen molar-refractivity contribution in [3.8, 4) is 0 Å². The van der Waals surface area contributed by atoms with Gasteiger partial charge in [-0.3, -0.25) is 0 Å². The molecule has 0 nitrogen and oxygen atoms in total. The zero-order valence-electron chi connectivity index (χ0n) is 2.01. The zero-order chi connectivity index (χ0) is 4.50. The van der Waals surface area contributed by atoms with Gasteiger partial charge in [0.2, 0.25) is 0 Å². The molecule has 0 rings (SSSR count). The molecule has 0 atom stereocenters. The summed E-state index contributed by atoms with van der Waals surface area (Å²) in [5, 5.41) is -2.72. The Morgan fingerprint density at radius 2 is 0.833 bits per heavy atom. The third-order valence-corrected chi connectivity index (χ3v) is 0. The van der Waals surface area contributed by atoms with Crippen LogP contribution in [0.25, 0.3) is 0 Å². The second-order valence-electron chi connectivity index (χ2n) is 0.429. The fourth-order valence-corrected chi connectivity index (χ4v) is 0. The van der Waals surface area contributed by atoms with Gasteiger partial charge in [-0.15, -0.1) is 44.3 Å². The van der Waals surface area contributed by atoms with E-state index in [4.69, 9.17) is 44.3 Å². The Hall–Kier alpha value is 1.92. The zero-order valence-corrected chi connectivity index (χ0v) is 6.04. The summed E-state index contributed by atoms with van der Waals surface area (Å²) in [6, 6.07) is 0. The van der Waals surface area contributed by atoms with E-state index in [0.717, 1.165) is 0 Å². The summed E-state index contributed by atoms with van der Waals surface area (Å²) in [6.07, 6.45) is 0. The Morgan fingerprint density at radius 3 is 0.833 bits per heavy atom. The molecule has 0 spiro atoms. The van der Waals surface area contributed by atoms with Gasteiger partial charge in [0, 0.05) is 0 Å². The molecule has 0 saturated heterocycles. The van der Waals surface area contributed by atoms with Crippen LogP contribution in [0.1, 0.15) is 0 Å². The summed E-state index contributed by atoms with van der Waals surface area (Å²) in [4.78, 5) is 0. The first kappa shape index (κ1) is 10.8. The van der Waals surface area contributed by atoms with Crippen molar-refractivity contribution in [1.82, 2.24) is 0 Å². The molecule has 0 aromatic heterocycles. The molecule has 0 aromatic carbocycles. The van der Waals surface area contributed by atoms with Crippen molar-refractivity contribution < 1.29 is 0 Å². The van der Waals surface area contributed by atoms with Gasteiger partial charge in [0.25, 0.3) is 0 Å². The van der Waals surface area contributed by atoms with Crippen LogP contribution in [-0.4, -0.2) is 22.9 Å². The van der Waals surface area contributed by atoms with Crippen molar-refractivity contribution in [2.45, 2.75) is 0 Å². The summed E-state index contributed by atoms with van der Waals surface area (Å²) in [7, 11) is 0.